The highest BCUT2D eigenvalue weighted by molar-refractivity contribution is 5.80. The van der Waals surface area contributed by atoms with E-state index >= 15 is 0 Å². The smallest absolute Gasteiger partial charge is 0.321 e. The van der Waals surface area contributed by atoms with Crippen molar-refractivity contribution in [1.29, 1.82) is 0 Å². The van der Waals surface area contributed by atoms with Gasteiger partial charge in [-0.25, -0.2) is 0 Å². The minimum atomic E-state index is -1.29. The molecule has 0 aliphatic heterocycles. The molecular weight excluding hydrogens is 206 g/mol. The number of carbonyl (C=O) groups is 2. The van der Waals surface area contributed by atoms with Gasteiger partial charge in [0.2, 0.25) is 0 Å². The molecule has 1 unspecified atom stereocenters. The average Bonchev–Trinajstić information content (AvgIpc) is 2.55. The summed E-state index contributed by atoms with van der Waals surface area (Å²) in [5.41, 5.74) is 4.84. The van der Waals surface area contributed by atoms with Crippen molar-refractivity contribution >= 4 is 11.9 Å². The van der Waals surface area contributed by atoms with E-state index < -0.39 is 24.4 Å². The first-order valence-electron chi connectivity index (χ1n) is 3.86. The Kier molecular flexibility index (Phi) is 5.57. The molecular formula is C8H11NO6. The number of furan rings is 1. The molecule has 0 saturated heterocycles. The van der Waals surface area contributed by atoms with Crippen LogP contribution in [0.5, 0.6) is 5.95 Å². The van der Waals surface area contributed by atoms with E-state index in [9.17, 15) is 9.59 Å². The highest BCUT2D eigenvalue weighted by Gasteiger charge is 2.14. The van der Waals surface area contributed by atoms with Gasteiger partial charge >= 0.3 is 11.9 Å². The fourth-order valence-electron chi connectivity index (χ4n) is 0.545. The highest BCUT2D eigenvalue weighted by atomic mass is 16.5. The van der Waals surface area contributed by atoms with E-state index in [2.05, 4.69) is 4.42 Å². The fourth-order valence-corrected chi connectivity index (χ4v) is 0.545. The lowest BCUT2D eigenvalue weighted by atomic mass is 10.2. The summed E-state index contributed by atoms with van der Waals surface area (Å²) >= 11 is 0. The number of carboxylic acids is 2. The third-order valence-electron chi connectivity index (χ3n) is 1.22. The largest absolute Gasteiger partial charge is 0.481 e. The predicted molar refractivity (Wildman–Crippen MR) is 48.2 cm³/mol. The SMILES string of the molecule is NC(CC(=O)O)C(=O)O.Oc1ccco1. The van der Waals surface area contributed by atoms with Crippen LogP contribution in [0.3, 0.4) is 0 Å². The van der Waals surface area contributed by atoms with Crippen molar-refractivity contribution in [3.63, 3.8) is 0 Å². The molecule has 84 valence electrons. The van der Waals surface area contributed by atoms with Crippen LogP contribution < -0.4 is 5.73 Å². The van der Waals surface area contributed by atoms with Crippen LogP contribution in [0.25, 0.3) is 0 Å². The molecule has 0 saturated carbocycles. The molecule has 0 aliphatic rings. The molecule has 1 atom stereocenters. The van der Waals surface area contributed by atoms with Crippen molar-refractivity contribution in [2.24, 2.45) is 5.73 Å². The molecule has 0 bridgehead atoms. The van der Waals surface area contributed by atoms with Crippen LogP contribution in [-0.2, 0) is 9.59 Å². The first kappa shape index (κ1) is 13.0. The lowest BCUT2D eigenvalue weighted by Gasteiger charge is -1.99. The number of carboxylic acid groups (broad SMARTS) is 2. The first-order chi connectivity index (χ1) is 6.93. The second kappa shape index (κ2) is 6.44. The molecule has 1 heterocycles. The molecule has 5 N–H and O–H groups in total. The summed E-state index contributed by atoms with van der Waals surface area (Å²) in [5.74, 6) is -2.53. The van der Waals surface area contributed by atoms with Crippen molar-refractivity contribution in [3.05, 3.63) is 18.4 Å². The molecule has 0 amide bonds. The van der Waals surface area contributed by atoms with Gasteiger partial charge in [0.05, 0.1) is 12.7 Å². The van der Waals surface area contributed by atoms with Gasteiger partial charge in [-0.3, -0.25) is 9.59 Å². The number of hydrogen-bond donors (Lipinski definition) is 4. The van der Waals surface area contributed by atoms with Gasteiger partial charge < -0.3 is 25.5 Å². The van der Waals surface area contributed by atoms with E-state index in [1.54, 1.807) is 6.07 Å². The van der Waals surface area contributed by atoms with E-state index in [0.717, 1.165) is 0 Å². The van der Waals surface area contributed by atoms with E-state index in [1.165, 1.54) is 12.3 Å². The van der Waals surface area contributed by atoms with Gasteiger partial charge in [0.1, 0.15) is 6.04 Å². The molecule has 0 aromatic carbocycles. The monoisotopic (exact) mass is 217 g/mol. The number of hydrogen-bond acceptors (Lipinski definition) is 5. The molecule has 1 rings (SSSR count). The lowest BCUT2D eigenvalue weighted by molar-refractivity contribution is -0.144. The number of rotatable bonds is 3. The Bertz CT molecular complexity index is 307. The first-order valence-corrected chi connectivity index (χ1v) is 3.86. The van der Waals surface area contributed by atoms with Crippen LogP contribution in [0.2, 0.25) is 0 Å². The van der Waals surface area contributed by atoms with Crippen LogP contribution in [0.4, 0.5) is 0 Å². The Balaban J connectivity index is 0.000000280. The Morgan fingerprint density at radius 3 is 2.20 bits per heavy atom. The van der Waals surface area contributed by atoms with Gasteiger partial charge in [0, 0.05) is 6.07 Å². The standard InChI is InChI=1S/C4H7NO4.C4H4O2/c5-2(4(8)9)1-3(6)7;5-4-2-1-3-6-4/h2H,1,5H2,(H,6,7)(H,8,9);1-3,5H. The number of aliphatic carboxylic acids is 2. The van der Waals surface area contributed by atoms with Crippen molar-refractivity contribution < 1.29 is 29.3 Å². The number of nitrogens with two attached hydrogens (primary N) is 1. The molecule has 0 radical (unpaired) electrons. The minimum absolute atomic E-state index is 0.0324. The molecule has 1 aromatic rings. The molecule has 7 nitrogen and oxygen atoms in total. The van der Waals surface area contributed by atoms with Crippen molar-refractivity contribution in [2.45, 2.75) is 12.5 Å². The normalized spacial score (nSPS) is 11.0. The summed E-state index contributed by atoms with van der Waals surface area (Å²) in [6, 6.07) is 1.80. The number of aromatic hydroxyl groups is 1. The zero-order valence-corrected chi connectivity index (χ0v) is 7.66. The van der Waals surface area contributed by atoms with Crippen LogP contribution in [0, 0.1) is 0 Å². The second-order valence-corrected chi connectivity index (χ2v) is 2.49. The second-order valence-electron chi connectivity index (χ2n) is 2.49. The maximum absolute atomic E-state index is 9.85. The van der Waals surface area contributed by atoms with Gasteiger partial charge in [-0.1, -0.05) is 0 Å². The Morgan fingerprint density at radius 2 is 2.07 bits per heavy atom. The molecule has 0 spiro atoms. The van der Waals surface area contributed by atoms with Gasteiger partial charge in [0.25, 0.3) is 5.95 Å². The maximum atomic E-state index is 9.85. The van der Waals surface area contributed by atoms with Crippen LogP contribution >= 0.6 is 0 Å². The van der Waals surface area contributed by atoms with Crippen LogP contribution in [0.1, 0.15) is 6.42 Å². The average molecular weight is 217 g/mol. The highest BCUT2D eigenvalue weighted by Crippen LogP contribution is 2.04. The van der Waals surface area contributed by atoms with Gasteiger partial charge in [-0.05, 0) is 6.07 Å². The Labute approximate surface area is 84.7 Å². The minimum Gasteiger partial charge on any atom is -0.481 e. The zero-order chi connectivity index (χ0) is 11.8. The van der Waals surface area contributed by atoms with Crippen molar-refractivity contribution in [1.82, 2.24) is 0 Å². The molecule has 0 aliphatic carbocycles. The lowest BCUT2D eigenvalue weighted by Crippen LogP contribution is -2.32. The topological polar surface area (TPSA) is 134 Å². The Morgan fingerprint density at radius 1 is 1.47 bits per heavy atom. The molecule has 15 heavy (non-hydrogen) atoms. The van der Waals surface area contributed by atoms with E-state index in [1.807, 2.05) is 0 Å². The van der Waals surface area contributed by atoms with Crippen molar-refractivity contribution in [2.75, 3.05) is 0 Å². The summed E-state index contributed by atoms with van der Waals surface area (Å²) in [5, 5.41) is 24.3. The predicted octanol–water partition coefficient (Wildman–Crippen LogP) is -0.142. The summed E-state index contributed by atoms with van der Waals surface area (Å²) in [6.45, 7) is 0. The summed E-state index contributed by atoms with van der Waals surface area (Å²) in [4.78, 5) is 19.6. The third kappa shape index (κ3) is 7.08. The van der Waals surface area contributed by atoms with Crippen molar-refractivity contribution in [3.8, 4) is 5.95 Å². The molecule has 1 aromatic heterocycles. The van der Waals surface area contributed by atoms with Gasteiger partial charge in [-0.15, -0.1) is 0 Å². The van der Waals surface area contributed by atoms with Gasteiger partial charge in [-0.2, -0.15) is 0 Å². The maximum Gasteiger partial charge on any atom is 0.321 e. The van der Waals surface area contributed by atoms with E-state index in [4.69, 9.17) is 21.1 Å². The zero-order valence-electron chi connectivity index (χ0n) is 7.66. The van der Waals surface area contributed by atoms with E-state index in [-0.39, 0.29) is 5.95 Å². The van der Waals surface area contributed by atoms with Crippen LogP contribution in [-0.4, -0.2) is 33.3 Å². The quantitative estimate of drug-likeness (QED) is 0.553. The Hall–Kier alpha value is -2.02. The van der Waals surface area contributed by atoms with Gasteiger partial charge in [0.15, 0.2) is 0 Å². The molecule has 0 fully saturated rings. The summed E-state index contributed by atoms with van der Waals surface area (Å²) in [7, 11) is 0. The third-order valence-corrected chi connectivity index (χ3v) is 1.22. The molecule has 7 heteroatoms. The van der Waals surface area contributed by atoms with Crippen LogP contribution in [0.15, 0.2) is 22.8 Å². The summed E-state index contributed by atoms with van der Waals surface area (Å²) < 4.78 is 4.39. The summed E-state index contributed by atoms with van der Waals surface area (Å²) in [6.07, 6.45) is 0.880. The fraction of sp³-hybridized carbons (Fsp3) is 0.250. The van der Waals surface area contributed by atoms with E-state index in [0.29, 0.717) is 0 Å².